The van der Waals surface area contributed by atoms with Gasteiger partial charge < -0.3 is 10.2 Å². The first-order valence-corrected chi connectivity index (χ1v) is 8.30. The van der Waals surface area contributed by atoms with Crippen LogP contribution in [0, 0.1) is 0 Å². The van der Waals surface area contributed by atoms with E-state index in [1.165, 1.54) is 11.3 Å². The summed E-state index contributed by atoms with van der Waals surface area (Å²) in [6.45, 7) is 0. The third-order valence-electron chi connectivity index (χ3n) is 3.25. The molecule has 2 heterocycles. The van der Waals surface area contributed by atoms with Gasteiger partial charge in [0, 0.05) is 31.3 Å². The fraction of sp³-hybridized carbons (Fsp3) is 0.200. The minimum atomic E-state index is -0.0863. The number of halogens is 1. The molecule has 0 aliphatic carbocycles. The van der Waals surface area contributed by atoms with Crippen molar-refractivity contribution in [3.8, 4) is 5.69 Å². The standard InChI is InChI=1S/C15H15BrN4OS/c1-17-13(21)12-8-11-14(22-12)20(15(18-11)19(2)3)10-6-4-9(16)5-7-10/h4-8H,1-3H3,(H,17,21). The first-order chi connectivity index (χ1) is 10.5. The van der Waals surface area contributed by atoms with E-state index >= 15 is 0 Å². The summed E-state index contributed by atoms with van der Waals surface area (Å²) in [5.41, 5.74) is 1.84. The van der Waals surface area contributed by atoms with Crippen LogP contribution in [0.4, 0.5) is 5.95 Å². The molecular formula is C15H15BrN4OS. The molecule has 0 aliphatic rings. The van der Waals surface area contributed by atoms with Crippen LogP contribution in [0.5, 0.6) is 0 Å². The first kappa shape index (κ1) is 15.1. The van der Waals surface area contributed by atoms with E-state index in [1.54, 1.807) is 7.05 Å². The van der Waals surface area contributed by atoms with Gasteiger partial charge in [0.1, 0.15) is 10.3 Å². The molecule has 0 unspecified atom stereocenters. The molecule has 0 spiro atoms. The quantitative estimate of drug-likeness (QED) is 0.760. The number of carbonyl (C=O) groups is 1. The molecule has 0 saturated carbocycles. The zero-order chi connectivity index (χ0) is 15.9. The van der Waals surface area contributed by atoms with Gasteiger partial charge in [-0.2, -0.15) is 0 Å². The number of hydrogen-bond donors (Lipinski definition) is 1. The predicted molar refractivity (Wildman–Crippen MR) is 94.4 cm³/mol. The first-order valence-electron chi connectivity index (χ1n) is 6.69. The van der Waals surface area contributed by atoms with Gasteiger partial charge in [-0.1, -0.05) is 15.9 Å². The highest BCUT2D eigenvalue weighted by molar-refractivity contribution is 9.10. The lowest BCUT2D eigenvalue weighted by Gasteiger charge is -2.14. The van der Waals surface area contributed by atoms with E-state index in [4.69, 9.17) is 0 Å². The number of imidazole rings is 1. The number of nitrogens with zero attached hydrogens (tertiary/aromatic N) is 3. The fourth-order valence-electron chi connectivity index (χ4n) is 2.22. The Morgan fingerprint density at radius 3 is 2.59 bits per heavy atom. The third kappa shape index (κ3) is 2.50. The highest BCUT2D eigenvalue weighted by Crippen LogP contribution is 2.32. The van der Waals surface area contributed by atoms with Gasteiger partial charge in [-0.25, -0.2) is 4.98 Å². The fourth-order valence-corrected chi connectivity index (χ4v) is 3.54. The minimum Gasteiger partial charge on any atom is -0.354 e. The van der Waals surface area contributed by atoms with Crippen LogP contribution in [0.25, 0.3) is 16.0 Å². The predicted octanol–water partition coefficient (Wildman–Crippen LogP) is 3.28. The number of aromatic nitrogens is 2. The monoisotopic (exact) mass is 378 g/mol. The molecule has 0 fully saturated rings. The molecule has 1 amide bonds. The summed E-state index contributed by atoms with van der Waals surface area (Å²) < 4.78 is 3.09. The molecule has 114 valence electrons. The molecule has 0 saturated heterocycles. The summed E-state index contributed by atoms with van der Waals surface area (Å²) in [6, 6.07) is 9.87. The molecule has 0 atom stereocenters. The Morgan fingerprint density at radius 2 is 2.00 bits per heavy atom. The number of hydrogen-bond acceptors (Lipinski definition) is 4. The molecule has 1 N–H and O–H groups in total. The summed E-state index contributed by atoms with van der Waals surface area (Å²) >= 11 is 4.90. The number of thiophene rings is 1. The van der Waals surface area contributed by atoms with Crippen LogP contribution in [-0.2, 0) is 0 Å². The van der Waals surface area contributed by atoms with Gasteiger partial charge in [0.2, 0.25) is 5.95 Å². The molecule has 0 aliphatic heterocycles. The van der Waals surface area contributed by atoms with Crippen molar-refractivity contribution in [2.75, 3.05) is 26.0 Å². The summed E-state index contributed by atoms with van der Waals surface area (Å²) in [4.78, 5) is 20.1. The SMILES string of the molecule is CNC(=O)c1cc2nc(N(C)C)n(-c3ccc(Br)cc3)c2s1. The van der Waals surface area contributed by atoms with Crippen molar-refractivity contribution in [3.63, 3.8) is 0 Å². The number of rotatable bonds is 3. The van der Waals surface area contributed by atoms with Crippen molar-refractivity contribution >= 4 is 49.5 Å². The van der Waals surface area contributed by atoms with Crippen LogP contribution < -0.4 is 10.2 Å². The number of fused-ring (bicyclic) bond motifs is 1. The second kappa shape index (κ2) is 5.73. The van der Waals surface area contributed by atoms with Crippen molar-refractivity contribution in [3.05, 3.63) is 39.7 Å². The number of amides is 1. The Labute approximate surface area is 140 Å². The van der Waals surface area contributed by atoms with Gasteiger partial charge in [0.15, 0.2) is 0 Å². The number of nitrogens with one attached hydrogen (secondary N) is 1. The van der Waals surface area contributed by atoms with Crippen molar-refractivity contribution in [2.24, 2.45) is 0 Å². The van der Waals surface area contributed by atoms with Gasteiger partial charge in [0.05, 0.1) is 4.88 Å². The zero-order valence-electron chi connectivity index (χ0n) is 12.4. The molecule has 0 radical (unpaired) electrons. The van der Waals surface area contributed by atoms with Crippen LogP contribution in [0.3, 0.4) is 0 Å². The average molecular weight is 379 g/mol. The molecule has 3 rings (SSSR count). The largest absolute Gasteiger partial charge is 0.354 e. The minimum absolute atomic E-state index is 0.0863. The molecular weight excluding hydrogens is 364 g/mol. The van der Waals surface area contributed by atoms with Gasteiger partial charge >= 0.3 is 0 Å². The molecule has 3 aromatic rings. The van der Waals surface area contributed by atoms with Crippen molar-refractivity contribution in [1.82, 2.24) is 14.9 Å². The topological polar surface area (TPSA) is 50.2 Å². The summed E-state index contributed by atoms with van der Waals surface area (Å²) in [6.07, 6.45) is 0. The van der Waals surface area contributed by atoms with E-state index in [1.807, 2.05) is 49.3 Å². The molecule has 22 heavy (non-hydrogen) atoms. The lowest BCUT2D eigenvalue weighted by atomic mass is 10.3. The normalized spacial score (nSPS) is 10.9. The van der Waals surface area contributed by atoms with Gasteiger partial charge in [-0.05, 0) is 30.3 Å². The number of anilines is 1. The maximum Gasteiger partial charge on any atom is 0.261 e. The van der Waals surface area contributed by atoms with E-state index in [-0.39, 0.29) is 5.91 Å². The van der Waals surface area contributed by atoms with E-state index < -0.39 is 0 Å². The summed E-state index contributed by atoms with van der Waals surface area (Å²) in [5, 5.41) is 2.65. The zero-order valence-corrected chi connectivity index (χ0v) is 14.8. The second-order valence-corrected chi connectivity index (χ2v) is 6.94. The summed E-state index contributed by atoms with van der Waals surface area (Å²) in [5.74, 6) is 0.754. The molecule has 7 heteroatoms. The van der Waals surface area contributed by atoms with Crippen LogP contribution in [0.1, 0.15) is 9.67 Å². The van der Waals surface area contributed by atoms with Gasteiger partial charge in [-0.15, -0.1) is 11.3 Å². The summed E-state index contributed by atoms with van der Waals surface area (Å²) in [7, 11) is 5.55. The Hall–Kier alpha value is -1.86. The Bertz CT molecular complexity index is 835. The van der Waals surface area contributed by atoms with Crippen LogP contribution >= 0.6 is 27.3 Å². The highest BCUT2D eigenvalue weighted by Gasteiger charge is 2.19. The molecule has 2 aromatic heterocycles. The van der Waals surface area contributed by atoms with Gasteiger partial charge in [-0.3, -0.25) is 9.36 Å². The van der Waals surface area contributed by atoms with Crippen molar-refractivity contribution < 1.29 is 4.79 Å². The molecule has 1 aromatic carbocycles. The molecule has 0 bridgehead atoms. The van der Waals surface area contributed by atoms with E-state index in [2.05, 4.69) is 30.8 Å². The lowest BCUT2D eigenvalue weighted by Crippen LogP contribution is -2.16. The van der Waals surface area contributed by atoms with E-state index in [0.717, 1.165) is 26.5 Å². The van der Waals surface area contributed by atoms with Crippen LogP contribution in [-0.4, -0.2) is 36.6 Å². The van der Waals surface area contributed by atoms with Crippen LogP contribution in [0.15, 0.2) is 34.8 Å². The highest BCUT2D eigenvalue weighted by atomic mass is 79.9. The number of carbonyl (C=O) groups excluding carboxylic acids is 1. The Morgan fingerprint density at radius 1 is 1.32 bits per heavy atom. The maximum absolute atomic E-state index is 11.8. The van der Waals surface area contributed by atoms with Gasteiger partial charge in [0.25, 0.3) is 5.91 Å². The maximum atomic E-state index is 11.8. The Kier molecular flexibility index (Phi) is 3.92. The van der Waals surface area contributed by atoms with E-state index in [9.17, 15) is 4.79 Å². The molecule has 5 nitrogen and oxygen atoms in total. The van der Waals surface area contributed by atoms with Crippen LogP contribution in [0.2, 0.25) is 0 Å². The van der Waals surface area contributed by atoms with Crippen molar-refractivity contribution in [1.29, 1.82) is 0 Å². The van der Waals surface area contributed by atoms with E-state index in [0.29, 0.717) is 4.88 Å². The third-order valence-corrected chi connectivity index (χ3v) is 4.89. The lowest BCUT2D eigenvalue weighted by molar-refractivity contribution is 0.0967. The van der Waals surface area contributed by atoms with Crippen molar-refractivity contribution in [2.45, 2.75) is 0 Å². The smallest absolute Gasteiger partial charge is 0.261 e. The second-order valence-electron chi connectivity index (χ2n) is 5.00. The number of benzene rings is 1. The Balaban J connectivity index is 2.23. The average Bonchev–Trinajstić information content (AvgIpc) is 3.05.